The van der Waals surface area contributed by atoms with E-state index >= 15 is 0 Å². The van der Waals surface area contributed by atoms with Crippen molar-refractivity contribution in [3.63, 3.8) is 0 Å². The molecule has 1 aliphatic heterocycles. The summed E-state index contributed by atoms with van der Waals surface area (Å²) in [4.78, 5) is 43.7. The van der Waals surface area contributed by atoms with Crippen molar-refractivity contribution in [2.24, 2.45) is 0 Å². The molecule has 3 N–H and O–H groups in total. The van der Waals surface area contributed by atoms with Crippen LogP contribution in [0.15, 0.2) is 121 Å². The minimum absolute atomic E-state index is 0.167. The number of amides is 3. The van der Waals surface area contributed by atoms with Gasteiger partial charge in [0.2, 0.25) is 11.8 Å². The third kappa shape index (κ3) is 10.9. The van der Waals surface area contributed by atoms with Gasteiger partial charge in [-0.25, -0.2) is 4.79 Å². The summed E-state index contributed by atoms with van der Waals surface area (Å²) in [6.07, 6.45) is -0.433. The predicted octanol–water partition coefficient (Wildman–Crippen LogP) is 5.78. The second-order valence-corrected chi connectivity index (χ2v) is 15.0. The first-order valence-corrected chi connectivity index (χ1v) is 18.8. The van der Waals surface area contributed by atoms with E-state index in [4.69, 9.17) is 9.47 Å². The summed E-state index contributed by atoms with van der Waals surface area (Å²) in [7, 11) is 0. The molecule has 0 aromatic heterocycles. The number of thioether (sulfide) groups is 1. The zero-order valence-electron chi connectivity index (χ0n) is 30.3. The number of hydrogen-bond acceptors (Lipinski definition) is 7. The highest BCUT2D eigenvalue weighted by molar-refractivity contribution is 8.00. The van der Waals surface area contributed by atoms with Crippen LogP contribution in [0, 0.1) is 0 Å². The van der Waals surface area contributed by atoms with Crippen LogP contribution < -0.4 is 16.0 Å². The standard InChI is InChI=1S/C42H50N4O5S/c1-41(2,3)51-40(49)45-37(31-52-42(33-18-10-5-11-19-33,34-20-12-6-13-21-34)35-22-14-7-15-23-35)39(48)44-36(30-32-16-8-4-9-17-32)38(47)43-24-25-46-26-28-50-29-27-46/h4-23,36-37H,24-31H2,1-3H3,(H,43,47)(H,44,48)(H,45,49)/t36-,37-/m0/s1. The number of alkyl carbamates (subject to hydrolysis) is 1. The fourth-order valence-electron chi connectivity index (χ4n) is 6.23. The zero-order valence-corrected chi connectivity index (χ0v) is 31.1. The summed E-state index contributed by atoms with van der Waals surface area (Å²) in [6, 6.07) is 38.1. The van der Waals surface area contributed by atoms with Gasteiger partial charge < -0.3 is 25.4 Å². The smallest absolute Gasteiger partial charge is 0.408 e. The zero-order chi connectivity index (χ0) is 36.8. The normalized spacial score (nSPS) is 14.8. The minimum Gasteiger partial charge on any atom is -0.444 e. The molecular formula is C42H50N4O5S. The average molecular weight is 723 g/mol. The first-order valence-electron chi connectivity index (χ1n) is 17.9. The molecule has 0 saturated carbocycles. The Hall–Kier alpha value is -4.64. The molecule has 0 spiro atoms. The number of carbonyl (C=O) groups is 3. The molecule has 0 aliphatic carbocycles. The van der Waals surface area contributed by atoms with Crippen molar-refractivity contribution in [2.45, 2.75) is 49.6 Å². The molecule has 1 fully saturated rings. The molecule has 1 heterocycles. The van der Waals surface area contributed by atoms with Gasteiger partial charge in [-0.05, 0) is 43.0 Å². The van der Waals surface area contributed by atoms with Crippen molar-refractivity contribution in [3.05, 3.63) is 144 Å². The van der Waals surface area contributed by atoms with Crippen LogP contribution in [0.2, 0.25) is 0 Å². The lowest BCUT2D eigenvalue weighted by Crippen LogP contribution is -2.56. The summed E-state index contributed by atoms with van der Waals surface area (Å²) in [5.41, 5.74) is 3.19. The minimum atomic E-state index is -1.05. The fourth-order valence-corrected chi connectivity index (χ4v) is 7.79. The van der Waals surface area contributed by atoms with Crippen LogP contribution in [0.3, 0.4) is 0 Å². The van der Waals surface area contributed by atoms with Gasteiger partial charge >= 0.3 is 6.09 Å². The van der Waals surface area contributed by atoms with E-state index in [0.717, 1.165) is 35.3 Å². The number of hydrogen-bond donors (Lipinski definition) is 3. The van der Waals surface area contributed by atoms with Gasteiger partial charge in [0.15, 0.2) is 0 Å². The van der Waals surface area contributed by atoms with E-state index in [1.807, 2.05) is 84.9 Å². The summed E-state index contributed by atoms with van der Waals surface area (Å²) in [6.45, 7) is 9.41. The Balaban J connectivity index is 1.44. The fraction of sp³-hybridized carbons (Fsp3) is 0.357. The number of carbonyl (C=O) groups excluding carboxylic acids is 3. The first-order chi connectivity index (χ1) is 25.1. The van der Waals surface area contributed by atoms with Crippen LogP contribution in [-0.2, 0) is 30.2 Å². The second-order valence-electron chi connectivity index (χ2n) is 13.8. The predicted molar refractivity (Wildman–Crippen MR) is 207 cm³/mol. The molecule has 9 nitrogen and oxygen atoms in total. The van der Waals surface area contributed by atoms with E-state index < -0.39 is 34.4 Å². The van der Waals surface area contributed by atoms with E-state index in [1.54, 1.807) is 32.5 Å². The molecular weight excluding hydrogens is 673 g/mol. The van der Waals surface area contributed by atoms with Crippen molar-refractivity contribution >= 4 is 29.7 Å². The molecule has 1 saturated heterocycles. The van der Waals surface area contributed by atoms with Gasteiger partial charge in [-0.15, -0.1) is 11.8 Å². The molecule has 0 bridgehead atoms. The highest BCUT2D eigenvalue weighted by Gasteiger charge is 2.39. The summed E-state index contributed by atoms with van der Waals surface area (Å²) in [5, 5.41) is 8.89. The molecule has 2 atom stereocenters. The third-order valence-electron chi connectivity index (χ3n) is 8.76. The third-order valence-corrected chi connectivity index (χ3v) is 10.4. The summed E-state index contributed by atoms with van der Waals surface area (Å²) >= 11 is 1.55. The van der Waals surface area contributed by atoms with Gasteiger partial charge in [-0.2, -0.15) is 0 Å². The Bertz CT molecular complexity index is 1600. The number of nitrogens with one attached hydrogen (secondary N) is 3. The number of morpholine rings is 1. The van der Waals surface area contributed by atoms with Crippen LogP contribution in [-0.4, -0.2) is 85.6 Å². The van der Waals surface area contributed by atoms with Crippen LogP contribution in [0.4, 0.5) is 4.79 Å². The van der Waals surface area contributed by atoms with E-state index in [1.165, 1.54) is 0 Å². The Morgan fingerprint density at radius 3 is 1.71 bits per heavy atom. The van der Waals surface area contributed by atoms with Crippen molar-refractivity contribution in [1.29, 1.82) is 0 Å². The topological polar surface area (TPSA) is 109 Å². The highest BCUT2D eigenvalue weighted by Crippen LogP contribution is 2.48. The Kier molecular flexibility index (Phi) is 13.9. The van der Waals surface area contributed by atoms with Crippen molar-refractivity contribution in [2.75, 3.05) is 45.1 Å². The number of rotatable bonds is 15. The molecule has 274 valence electrons. The highest BCUT2D eigenvalue weighted by atomic mass is 32.2. The van der Waals surface area contributed by atoms with Crippen LogP contribution in [0.1, 0.15) is 43.0 Å². The monoisotopic (exact) mass is 722 g/mol. The lowest BCUT2D eigenvalue weighted by atomic mass is 9.84. The van der Waals surface area contributed by atoms with E-state index in [0.29, 0.717) is 26.3 Å². The quantitative estimate of drug-likeness (QED) is 0.134. The molecule has 1 aliphatic rings. The van der Waals surface area contributed by atoms with E-state index in [-0.39, 0.29) is 18.1 Å². The van der Waals surface area contributed by atoms with Crippen LogP contribution in [0.25, 0.3) is 0 Å². The number of ether oxygens (including phenoxy) is 2. The molecule has 0 radical (unpaired) electrons. The molecule has 4 aromatic rings. The van der Waals surface area contributed by atoms with Crippen molar-refractivity contribution < 1.29 is 23.9 Å². The largest absolute Gasteiger partial charge is 0.444 e. The van der Waals surface area contributed by atoms with Gasteiger partial charge in [0, 0.05) is 38.4 Å². The van der Waals surface area contributed by atoms with Gasteiger partial charge in [0.1, 0.15) is 17.7 Å². The molecule has 4 aromatic carbocycles. The second kappa shape index (κ2) is 18.7. The average Bonchev–Trinajstić information content (AvgIpc) is 3.15. The lowest BCUT2D eigenvalue weighted by molar-refractivity contribution is -0.129. The van der Waals surface area contributed by atoms with Crippen molar-refractivity contribution in [1.82, 2.24) is 20.9 Å². The SMILES string of the molecule is CC(C)(C)OC(=O)N[C@@H](CSC(c1ccccc1)(c1ccccc1)c1ccccc1)C(=O)N[C@@H](Cc1ccccc1)C(=O)NCCN1CCOCC1. The first kappa shape index (κ1) is 38.6. The molecule has 3 amide bonds. The van der Waals surface area contributed by atoms with E-state index in [9.17, 15) is 14.4 Å². The Morgan fingerprint density at radius 2 is 1.21 bits per heavy atom. The van der Waals surface area contributed by atoms with Gasteiger partial charge in [-0.1, -0.05) is 121 Å². The number of benzene rings is 4. The number of nitrogens with zero attached hydrogens (tertiary/aromatic N) is 1. The maximum absolute atomic E-state index is 14.4. The van der Waals surface area contributed by atoms with E-state index in [2.05, 4.69) is 57.2 Å². The molecule has 10 heteroatoms. The van der Waals surface area contributed by atoms with Crippen molar-refractivity contribution in [3.8, 4) is 0 Å². The van der Waals surface area contributed by atoms with Gasteiger partial charge in [0.25, 0.3) is 0 Å². The van der Waals surface area contributed by atoms with Gasteiger partial charge in [-0.3, -0.25) is 14.5 Å². The Morgan fingerprint density at radius 1 is 0.712 bits per heavy atom. The molecule has 52 heavy (non-hydrogen) atoms. The summed E-state index contributed by atoms with van der Waals surface area (Å²) in [5.74, 6) is -0.604. The van der Waals surface area contributed by atoms with Crippen LogP contribution >= 0.6 is 11.8 Å². The molecule has 5 rings (SSSR count). The lowest BCUT2D eigenvalue weighted by Gasteiger charge is -2.36. The van der Waals surface area contributed by atoms with Gasteiger partial charge in [0.05, 0.1) is 18.0 Å². The maximum atomic E-state index is 14.4. The summed E-state index contributed by atoms with van der Waals surface area (Å²) < 4.78 is 10.3. The molecule has 0 unspecified atom stereocenters. The van der Waals surface area contributed by atoms with Crippen LogP contribution in [0.5, 0.6) is 0 Å². The Labute approximate surface area is 311 Å². The maximum Gasteiger partial charge on any atom is 0.408 e.